The van der Waals surface area contributed by atoms with Crippen LogP contribution in [-0.4, -0.2) is 44.8 Å². The number of carbonyl (C=O) groups excluding carboxylic acids is 2. The van der Waals surface area contributed by atoms with Gasteiger partial charge in [-0.25, -0.2) is 9.59 Å². The highest BCUT2D eigenvalue weighted by molar-refractivity contribution is 5.97. The molecule has 0 aliphatic heterocycles. The largest absolute Gasteiger partial charge is 0.481 e. The molecule has 8 heteroatoms. The topological polar surface area (TPSA) is 138 Å². The van der Waals surface area contributed by atoms with Gasteiger partial charge in [0.1, 0.15) is 0 Å². The van der Waals surface area contributed by atoms with Crippen molar-refractivity contribution in [2.45, 2.75) is 18.4 Å². The fourth-order valence-electron chi connectivity index (χ4n) is 1.61. The maximum Gasteiger partial charge on any atom is 0.338 e. The minimum atomic E-state index is -2.84. The number of rotatable bonds is 7. The number of esters is 2. The van der Waals surface area contributed by atoms with Crippen molar-refractivity contribution >= 4 is 30.0 Å². The van der Waals surface area contributed by atoms with Crippen molar-refractivity contribution in [2.24, 2.45) is 0 Å². The minimum absolute atomic E-state index is 0.671. The molecule has 8 nitrogen and oxygen atoms in total. The summed E-state index contributed by atoms with van der Waals surface area (Å²) in [6, 6.07) is 8.63. The number of aliphatic hydroxyl groups is 1. The first kappa shape index (κ1) is 18.1. The summed E-state index contributed by atoms with van der Waals surface area (Å²) < 4.78 is 4.32. The highest BCUT2D eigenvalue weighted by Crippen LogP contribution is 2.17. The standard InChI is InChI=1S/C15H14O8/c16-11(17)8-15(22,14(20)21)9-13(19)23-12(18)7-6-10-4-2-1-3-5-10/h1-7,22H,8-9H2,(H,16,17)(H,20,21). The van der Waals surface area contributed by atoms with E-state index in [1.165, 1.54) is 6.08 Å². The minimum Gasteiger partial charge on any atom is -0.481 e. The lowest BCUT2D eigenvalue weighted by molar-refractivity contribution is -0.173. The number of carboxylic acids is 2. The van der Waals surface area contributed by atoms with Gasteiger partial charge in [-0.1, -0.05) is 30.3 Å². The number of aliphatic carboxylic acids is 2. The third kappa shape index (κ3) is 6.10. The Labute approximate surface area is 130 Å². The van der Waals surface area contributed by atoms with Gasteiger partial charge in [0.05, 0.1) is 12.8 Å². The Morgan fingerprint density at radius 2 is 1.65 bits per heavy atom. The maximum atomic E-state index is 11.5. The molecule has 0 bridgehead atoms. The van der Waals surface area contributed by atoms with Gasteiger partial charge >= 0.3 is 23.9 Å². The Bertz CT molecular complexity index is 634. The van der Waals surface area contributed by atoms with Crippen LogP contribution in [0.1, 0.15) is 18.4 Å². The Hall–Kier alpha value is -3.00. The van der Waals surface area contributed by atoms with Crippen LogP contribution in [0.5, 0.6) is 0 Å². The van der Waals surface area contributed by atoms with Crippen molar-refractivity contribution in [3.63, 3.8) is 0 Å². The average Bonchev–Trinajstić information content (AvgIpc) is 2.45. The van der Waals surface area contributed by atoms with E-state index in [0.29, 0.717) is 5.56 Å². The maximum absolute atomic E-state index is 11.5. The van der Waals surface area contributed by atoms with Gasteiger partial charge in [-0.3, -0.25) is 9.59 Å². The van der Waals surface area contributed by atoms with Crippen LogP contribution in [-0.2, 0) is 23.9 Å². The molecule has 0 heterocycles. The highest BCUT2D eigenvalue weighted by atomic mass is 16.6. The zero-order valence-corrected chi connectivity index (χ0v) is 11.8. The predicted octanol–water partition coefficient (Wildman–Crippen LogP) is 0.450. The predicted molar refractivity (Wildman–Crippen MR) is 76.0 cm³/mol. The zero-order chi connectivity index (χ0) is 17.5. The van der Waals surface area contributed by atoms with Crippen LogP contribution in [0.4, 0.5) is 0 Å². The fourth-order valence-corrected chi connectivity index (χ4v) is 1.61. The number of carbonyl (C=O) groups is 4. The summed E-state index contributed by atoms with van der Waals surface area (Å²) in [6.45, 7) is 0. The second kappa shape index (κ2) is 7.85. The van der Waals surface area contributed by atoms with Crippen molar-refractivity contribution in [3.05, 3.63) is 42.0 Å². The van der Waals surface area contributed by atoms with Crippen molar-refractivity contribution in [1.82, 2.24) is 0 Å². The molecule has 0 aliphatic rings. The highest BCUT2D eigenvalue weighted by Gasteiger charge is 2.41. The molecule has 0 aromatic heterocycles. The lowest BCUT2D eigenvalue weighted by Gasteiger charge is -2.19. The summed E-state index contributed by atoms with van der Waals surface area (Å²) in [5, 5.41) is 27.0. The molecule has 1 unspecified atom stereocenters. The molecule has 1 aromatic carbocycles. The summed E-state index contributed by atoms with van der Waals surface area (Å²) in [6.07, 6.45) is -0.0501. The van der Waals surface area contributed by atoms with E-state index in [4.69, 9.17) is 10.2 Å². The molecule has 1 rings (SSSR count). The summed E-state index contributed by atoms with van der Waals surface area (Å²) in [7, 11) is 0. The van der Waals surface area contributed by atoms with Gasteiger partial charge < -0.3 is 20.1 Å². The van der Waals surface area contributed by atoms with E-state index in [9.17, 15) is 24.3 Å². The third-order valence-corrected chi connectivity index (χ3v) is 2.70. The van der Waals surface area contributed by atoms with Crippen LogP contribution in [0.25, 0.3) is 6.08 Å². The van der Waals surface area contributed by atoms with Gasteiger partial charge in [-0.15, -0.1) is 0 Å². The van der Waals surface area contributed by atoms with Gasteiger partial charge in [0.2, 0.25) is 0 Å². The molecule has 0 spiro atoms. The normalized spacial score (nSPS) is 13.3. The molecule has 1 atom stereocenters. The molecule has 0 radical (unpaired) electrons. The van der Waals surface area contributed by atoms with Crippen LogP contribution < -0.4 is 0 Å². The van der Waals surface area contributed by atoms with Crippen molar-refractivity contribution < 1.29 is 39.2 Å². The Balaban J connectivity index is 2.64. The van der Waals surface area contributed by atoms with Crippen LogP contribution >= 0.6 is 0 Å². The zero-order valence-electron chi connectivity index (χ0n) is 11.8. The number of ether oxygens (including phenoxy) is 1. The van der Waals surface area contributed by atoms with Crippen molar-refractivity contribution in [1.29, 1.82) is 0 Å². The molecule has 122 valence electrons. The van der Waals surface area contributed by atoms with Gasteiger partial charge in [0.15, 0.2) is 5.60 Å². The Morgan fingerprint density at radius 3 is 2.17 bits per heavy atom. The first-order chi connectivity index (χ1) is 10.7. The quantitative estimate of drug-likeness (QED) is 0.373. The number of benzene rings is 1. The van der Waals surface area contributed by atoms with Crippen LogP contribution in [0.2, 0.25) is 0 Å². The number of carboxylic acid groups (broad SMARTS) is 2. The molecule has 0 amide bonds. The van der Waals surface area contributed by atoms with E-state index < -0.39 is 42.3 Å². The van der Waals surface area contributed by atoms with Crippen LogP contribution in [0.3, 0.4) is 0 Å². The van der Waals surface area contributed by atoms with E-state index in [1.54, 1.807) is 30.3 Å². The fraction of sp³-hybridized carbons (Fsp3) is 0.200. The molecule has 0 saturated heterocycles. The smallest absolute Gasteiger partial charge is 0.338 e. The molecular formula is C15H14O8. The second-order valence-corrected chi connectivity index (χ2v) is 4.62. The molecular weight excluding hydrogens is 308 g/mol. The van der Waals surface area contributed by atoms with Gasteiger partial charge in [-0.2, -0.15) is 0 Å². The molecule has 3 N–H and O–H groups in total. The van der Waals surface area contributed by atoms with Crippen molar-refractivity contribution in [2.75, 3.05) is 0 Å². The Morgan fingerprint density at radius 1 is 1.04 bits per heavy atom. The van der Waals surface area contributed by atoms with Crippen LogP contribution in [0, 0.1) is 0 Å². The third-order valence-electron chi connectivity index (χ3n) is 2.70. The van der Waals surface area contributed by atoms with Gasteiger partial charge in [0, 0.05) is 6.08 Å². The van der Waals surface area contributed by atoms with Gasteiger partial charge in [-0.05, 0) is 11.6 Å². The van der Waals surface area contributed by atoms with Crippen LogP contribution in [0.15, 0.2) is 36.4 Å². The summed E-state index contributed by atoms with van der Waals surface area (Å²) in [5.41, 5.74) is -2.17. The van der Waals surface area contributed by atoms with E-state index in [1.807, 2.05) is 0 Å². The summed E-state index contributed by atoms with van der Waals surface area (Å²) >= 11 is 0. The number of hydrogen-bond acceptors (Lipinski definition) is 6. The van der Waals surface area contributed by atoms with E-state index in [2.05, 4.69) is 4.74 Å². The van der Waals surface area contributed by atoms with E-state index in [0.717, 1.165) is 6.08 Å². The molecule has 0 aliphatic carbocycles. The lowest BCUT2D eigenvalue weighted by atomic mass is 9.96. The Kier molecular flexibility index (Phi) is 6.16. The SMILES string of the molecule is O=C(O)CC(O)(CC(=O)OC(=O)C=Cc1ccccc1)C(=O)O. The first-order valence-electron chi connectivity index (χ1n) is 6.38. The lowest BCUT2D eigenvalue weighted by Crippen LogP contribution is -2.43. The molecule has 23 heavy (non-hydrogen) atoms. The van der Waals surface area contributed by atoms with E-state index in [-0.39, 0.29) is 0 Å². The second-order valence-electron chi connectivity index (χ2n) is 4.62. The summed E-state index contributed by atoms with van der Waals surface area (Å²) in [5.74, 6) is -5.93. The molecule has 0 fully saturated rings. The molecule has 0 saturated carbocycles. The van der Waals surface area contributed by atoms with Gasteiger partial charge in [0.25, 0.3) is 0 Å². The average molecular weight is 322 g/mol. The number of hydrogen-bond donors (Lipinski definition) is 3. The monoisotopic (exact) mass is 322 g/mol. The summed E-state index contributed by atoms with van der Waals surface area (Å²) in [4.78, 5) is 44.3. The first-order valence-corrected chi connectivity index (χ1v) is 6.38. The molecule has 1 aromatic rings. The van der Waals surface area contributed by atoms with E-state index >= 15 is 0 Å². The van der Waals surface area contributed by atoms with Crippen molar-refractivity contribution in [3.8, 4) is 0 Å².